The molecule has 410 valence electrons. The number of Topliss-reactive ketones (excluding diaryl/α,β-unsaturated/α-hetero) is 2. The molecule has 1 aromatic carbocycles. The smallest absolute Gasteiger partial charge is 0.414 e. The fourth-order valence-electron chi connectivity index (χ4n) is 11.2. The lowest BCUT2D eigenvalue weighted by atomic mass is 9.74. The number of hydrogen-bond donors (Lipinski definition) is 5. The monoisotopic (exact) mass is 1030 g/mol. The maximum Gasteiger partial charge on any atom is 0.414 e. The number of methoxy groups -OCH3 is 1. The molecule has 2 aromatic rings. The molecule has 4 saturated heterocycles. The first kappa shape index (κ1) is 58.3. The van der Waals surface area contributed by atoms with Crippen LogP contribution in [0.25, 0.3) is 0 Å². The molecule has 5 heterocycles. The zero-order chi connectivity index (χ0) is 54.1. The van der Waals surface area contributed by atoms with Gasteiger partial charge in [0, 0.05) is 67.7 Å². The minimum absolute atomic E-state index is 0.0465. The van der Waals surface area contributed by atoms with E-state index in [2.05, 4.69) is 10.3 Å². The van der Waals surface area contributed by atoms with Crippen LogP contribution in [0.4, 0.5) is 10.5 Å². The molecule has 0 bridgehead atoms. The van der Waals surface area contributed by atoms with Crippen LogP contribution in [-0.2, 0) is 55.7 Å². The Labute approximate surface area is 428 Å². The van der Waals surface area contributed by atoms with Crippen molar-refractivity contribution in [2.75, 3.05) is 32.1 Å². The van der Waals surface area contributed by atoms with Gasteiger partial charge in [-0.05, 0) is 99.0 Å². The van der Waals surface area contributed by atoms with E-state index >= 15 is 0 Å². The van der Waals surface area contributed by atoms with Gasteiger partial charge in [-0.15, -0.1) is 5.10 Å². The molecule has 4 aliphatic heterocycles. The van der Waals surface area contributed by atoms with Crippen LogP contribution in [0.1, 0.15) is 118 Å². The molecule has 19 atom stereocenters. The van der Waals surface area contributed by atoms with Crippen LogP contribution in [-0.4, -0.2) is 187 Å². The number of ether oxygens (including phenoxy) is 7. The van der Waals surface area contributed by atoms with Crippen molar-refractivity contribution in [3.8, 4) is 0 Å². The van der Waals surface area contributed by atoms with Crippen molar-refractivity contribution in [2.45, 2.75) is 205 Å². The SMILES string of the molecule is CC[C@H]1OC(=O)[C@H](C)[C@@H](O[C@H]2C[C@@](C)(OC)[C@@H](O)[C@H](C)O2)[C@H](C)[C@@H](O[C@@H]2O[C@H](C)C[C@H](N(C)CCc3cn(C[C@H]4CN(c5ccc(C(C)=O)cc5)C(=O)O4)nn3)[C@H]2O)[C@](C)(O)C[C@@H](C)C(=O)[C@H](C)[C@@H](O)C1(C)O. The predicted octanol–water partition coefficient (Wildman–Crippen LogP) is 3.22. The highest BCUT2D eigenvalue weighted by Crippen LogP contribution is 2.41. The third-order valence-electron chi connectivity index (χ3n) is 15.9. The summed E-state index contributed by atoms with van der Waals surface area (Å²) in [5, 5.41) is 67.9. The summed E-state index contributed by atoms with van der Waals surface area (Å²) in [4.78, 5) is 56.5. The average molecular weight is 1030 g/mol. The van der Waals surface area contributed by atoms with E-state index in [4.69, 9.17) is 33.2 Å². The molecule has 1 unspecified atom stereocenters. The molecule has 0 aliphatic carbocycles. The minimum atomic E-state index is -2.05. The second kappa shape index (κ2) is 23.5. The largest absolute Gasteiger partial charge is 0.459 e. The molecule has 0 radical (unpaired) electrons. The van der Waals surface area contributed by atoms with Crippen molar-refractivity contribution < 1.29 is 77.9 Å². The number of hydrogen-bond acceptors (Lipinski definition) is 19. The standard InChI is InChI=1S/C52H81N5O16/c1-14-39-52(11,66)44(61)29(4)41(59)27(2)22-50(9,65)46(30(5)43(31(6)47(63)71-39)72-40-23-51(10,67-13)45(62)33(8)69-40)73-48-42(60)38(21-28(3)68-48)55(12)20-19-35-24-56(54-53-35)25-37-26-57(49(64)70-37)36-17-15-34(16-18-36)32(7)58/h15-18,24,27-31,33,37-40,42-46,48,60-62,65-66H,14,19-23,25-26H2,1-13H3/t27-,28-,29+,30+,31-,33+,37+,38+,39-,40+,42-,43+,44-,45+,46-,48+,50-,51-,52?/m1/s1. The van der Waals surface area contributed by atoms with Crippen LogP contribution in [0.5, 0.6) is 0 Å². The van der Waals surface area contributed by atoms with Crippen LogP contribution in [0, 0.1) is 23.7 Å². The number of aliphatic hydroxyl groups is 5. The van der Waals surface area contributed by atoms with E-state index in [1.807, 2.05) is 18.9 Å². The predicted molar refractivity (Wildman–Crippen MR) is 263 cm³/mol. The van der Waals surface area contributed by atoms with Gasteiger partial charge < -0.3 is 63.6 Å². The van der Waals surface area contributed by atoms with Gasteiger partial charge in [-0.3, -0.25) is 19.3 Å². The molecule has 0 spiro atoms. The van der Waals surface area contributed by atoms with Gasteiger partial charge in [0.2, 0.25) is 0 Å². The molecule has 21 nitrogen and oxygen atoms in total. The molecule has 4 fully saturated rings. The van der Waals surface area contributed by atoms with Gasteiger partial charge in [0.05, 0.1) is 66.4 Å². The zero-order valence-corrected chi connectivity index (χ0v) is 44.7. The number of likely N-dealkylation sites (N-methyl/N-ethyl adjacent to an activating group) is 1. The maximum absolute atomic E-state index is 14.4. The first-order valence-corrected chi connectivity index (χ1v) is 25.7. The van der Waals surface area contributed by atoms with Crippen molar-refractivity contribution in [2.24, 2.45) is 23.7 Å². The summed E-state index contributed by atoms with van der Waals surface area (Å²) in [6, 6.07) is 6.24. The first-order valence-electron chi connectivity index (χ1n) is 25.7. The summed E-state index contributed by atoms with van der Waals surface area (Å²) < 4.78 is 45.0. The second-order valence-electron chi connectivity index (χ2n) is 21.9. The Hall–Kier alpha value is -4.00. The lowest BCUT2D eigenvalue weighted by Crippen LogP contribution is -2.61. The number of amides is 1. The van der Waals surface area contributed by atoms with Gasteiger partial charge >= 0.3 is 12.1 Å². The number of aliphatic hydroxyl groups excluding tert-OH is 3. The Kier molecular flexibility index (Phi) is 18.7. The minimum Gasteiger partial charge on any atom is -0.459 e. The van der Waals surface area contributed by atoms with E-state index in [0.717, 1.165) is 0 Å². The number of esters is 1. The van der Waals surface area contributed by atoms with Crippen LogP contribution >= 0.6 is 0 Å². The molecule has 21 heteroatoms. The summed E-state index contributed by atoms with van der Waals surface area (Å²) in [6.45, 7) is 18.6. The highest BCUT2D eigenvalue weighted by molar-refractivity contribution is 5.95. The van der Waals surface area contributed by atoms with Crippen molar-refractivity contribution in [1.82, 2.24) is 19.9 Å². The number of benzene rings is 1. The summed E-state index contributed by atoms with van der Waals surface area (Å²) in [7, 11) is 3.33. The Morgan fingerprint density at radius 3 is 2.22 bits per heavy atom. The number of cyclic esters (lactones) is 2. The number of aromatic nitrogens is 3. The van der Waals surface area contributed by atoms with Gasteiger partial charge in [-0.2, -0.15) is 0 Å². The van der Waals surface area contributed by atoms with Crippen molar-refractivity contribution in [3.63, 3.8) is 0 Å². The van der Waals surface area contributed by atoms with Gasteiger partial charge in [-0.25, -0.2) is 9.48 Å². The molecule has 73 heavy (non-hydrogen) atoms. The molecular weight excluding hydrogens is 951 g/mol. The van der Waals surface area contributed by atoms with Crippen molar-refractivity contribution in [1.29, 1.82) is 0 Å². The lowest BCUT2D eigenvalue weighted by Gasteiger charge is -2.49. The van der Waals surface area contributed by atoms with E-state index in [-0.39, 0.29) is 38.1 Å². The molecule has 5 N–H and O–H groups in total. The number of ketones is 2. The normalized spacial score (nSPS) is 40.3. The molecule has 0 saturated carbocycles. The number of nitrogens with zero attached hydrogens (tertiary/aromatic N) is 5. The highest BCUT2D eigenvalue weighted by atomic mass is 16.7. The average Bonchev–Trinajstić information content (AvgIpc) is 3.96. The fraction of sp³-hybridized carbons (Fsp3) is 0.769. The Bertz CT molecular complexity index is 2210. The van der Waals surface area contributed by atoms with E-state index < -0.39 is 132 Å². The van der Waals surface area contributed by atoms with Gasteiger partial charge in [0.1, 0.15) is 35.8 Å². The molecule has 4 aliphatic rings. The van der Waals surface area contributed by atoms with Gasteiger partial charge in [0.25, 0.3) is 0 Å². The van der Waals surface area contributed by atoms with Crippen molar-refractivity contribution >= 4 is 29.3 Å². The summed E-state index contributed by atoms with van der Waals surface area (Å²) in [5.74, 6) is -5.42. The molecule has 6 rings (SSSR count). The Morgan fingerprint density at radius 1 is 0.918 bits per heavy atom. The Morgan fingerprint density at radius 2 is 1.59 bits per heavy atom. The number of carbonyl (C=O) groups excluding carboxylic acids is 4. The van der Waals surface area contributed by atoms with Crippen LogP contribution in [0.15, 0.2) is 30.5 Å². The van der Waals surface area contributed by atoms with Gasteiger partial charge in [-0.1, -0.05) is 32.9 Å². The lowest BCUT2D eigenvalue weighted by molar-refractivity contribution is -0.318. The third kappa shape index (κ3) is 13.0. The summed E-state index contributed by atoms with van der Waals surface area (Å²) in [5.41, 5.74) is -3.23. The molecule has 1 aromatic heterocycles. The van der Waals surface area contributed by atoms with E-state index in [1.54, 1.807) is 76.7 Å². The van der Waals surface area contributed by atoms with Gasteiger partial charge in [0.15, 0.2) is 18.4 Å². The van der Waals surface area contributed by atoms with Crippen LogP contribution < -0.4 is 4.90 Å². The fourth-order valence-corrected chi connectivity index (χ4v) is 11.2. The quantitative estimate of drug-likeness (QED) is 0.134. The number of rotatable bonds is 14. The summed E-state index contributed by atoms with van der Waals surface area (Å²) >= 11 is 0. The molecular formula is C52H81N5O16. The zero-order valence-electron chi connectivity index (χ0n) is 44.7. The topological polar surface area (TPSA) is 271 Å². The second-order valence-corrected chi connectivity index (χ2v) is 21.9. The Balaban J connectivity index is 1.22. The first-order chi connectivity index (χ1) is 34.1. The number of carbonyl (C=O) groups is 4. The maximum atomic E-state index is 14.4. The number of anilines is 1. The van der Waals surface area contributed by atoms with Crippen LogP contribution in [0.3, 0.4) is 0 Å². The van der Waals surface area contributed by atoms with E-state index in [0.29, 0.717) is 36.3 Å². The highest BCUT2D eigenvalue weighted by Gasteiger charge is 2.54. The van der Waals surface area contributed by atoms with Crippen molar-refractivity contribution in [3.05, 3.63) is 41.7 Å². The van der Waals surface area contributed by atoms with E-state index in [9.17, 15) is 44.7 Å². The van der Waals surface area contributed by atoms with E-state index in [1.165, 1.54) is 39.7 Å². The molecule has 1 amide bonds. The summed E-state index contributed by atoms with van der Waals surface area (Å²) in [6.07, 6.45) is -9.67. The van der Waals surface area contributed by atoms with Crippen LogP contribution in [0.2, 0.25) is 0 Å². The third-order valence-corrected chi connectivity index (χ3v) is 15.9.